The van der Waals surface area contributed by atoms with E-state index in [1.165, 1.54) is 0 Å². The minimum atomic E-state index is -3.21. The van der Waals surface area contributed by atoms with E-state index in [-0.39, 0.29) is 42.5 Å². The van der Waals surface area contributed by atoms with Crippen molar-refractivity contribution >= 4 is 65.7 Å². The van der Waals surface area contributed by atoms with E-state index in [4.69, 9.17) is 66.3 Å². The topological polar surface area (TPSA) is 964 Å². The molecule has 16 rings (SSSR count). The van der Waals surface area contributed by atoms with Crippen LogP contribution >= 0.6 is 0 Å². The van der Waals surface area contributed by atoms with Gasteiger partial charge in [-0.2, -0.15) is 0 Å². The fourth-order valence-electron chi connectivity index (χ4n) is 15.6. The van der Waals surface area contributed by atoms with Gasteiger partial charge in [-0.25, -0.2) is 52.7 Å². The lowest BCUT2D eigenvalue weighted by molar-refractivity contribution is -0.283. The van der Waals surface area contributed by atoms with E-state index in [9.17, 15) is 187 Å². The predicted molar refractivity (Wildman–Crippen MR) is 450 cm³/mol. The first-order valence-corrected chi connectivity index (χ1v) is 40.2. The summed E-state index contributed by atoms with van der Waals surface area (Å²) in [4.78, 5) is 164. The predicted octanol–water partition coefficient (Wildman–Crippen LogP) is 4.62. The molecule has 0 bridgehead atoms. The van der Waals surface area contributed by atoms with Gasteiger partial charge in [0.1, 0.15) is 36.5 Å². The summed E-state index contributed by atoms with van der Waals surface area (Å²) in [5.74, 6) is -78.9. The largest absolute Gasteiger partial charge is 0.504 e. The van der Waals surface area contributed by atoms with Crippen LogP contribution in [0.25, 0.3) is 33.4 Å². The van der Waals surface area contributed by atoms with Gasteiger partial charge in [-0.05, 0) is 60.7 Å². The Kier molecular flexibility index (Phi) is 24.2. The molecule has 11 aromatic carbocycles. The molecule has 0 saturated carbocycles. The molecule has 146 heavy (non-hydrogen) atoms. The Morgan fingerprint density at radius 3 is 0.918 bits per heavy atom. The van der Waals surface area contributed by atoms with E-state index >= 15 is 28.8 Å². The number of esters is 10. The summed E-state index contributed by atoms with van der Waals surface area (Å²) in [6, 6.07) is 3.61. The highest BCUT2D eigenvalue weighted by Gasteiger charge is 2.59. The van der Waals surface area contributed by atoms with Gasteiger partial charge in [-0.15, -0.1) is 0 Å². The zero-order valence-electron chi connectivity index (χ0n) is 71.3. The number of aromatic carboxylic acids is 1. The van der Waals surface area contributed by atoms with Crippen molar-refractivity contribution in [1.82, 2.24) is 0 Å². The lowest BCUT2D eigenvalue weighted by atomic mass is 9.90. The molecule has 10 atom stereocenters. The van der Waals surface area contributed by atoms with Crippen molar-refractivity contribution in [3.8, 4) is 235 Å². The number of hydrogen-bond acceptors (Lipinski definition) is 56. The molecule has 0 aromatic heterocycles. The second-order valence-corrected chi connectivity index (χ2v) is 31.4. The summed E-state index contributed by atoms with van der Waals surface area (Å²) >= 11 is 0. The summed E-state index contributed by atoms with van der Waals surface area (Å²) < 4.78 is 80.4. The number of benzene rings is 11. The lowest BCUT2D eigenvalue weighted by Crippen LogP contribution is -2.63. The van der Waals surface area contributed by atoms with Crippen LogP contribution in [0.15, 0.2) is 84.9 Å². The first-order valence-electron chi connectivity index (χ1n) is 40.2. The van der Waals surface area contributed by atoms with Crippen molar-refractivity contribution in [3.63, 3.8) is 0 Å². The summed E-state index contributed by atoms with van der Waals surface area (Å²) in [6.07, 6.45) is -29.8. The number of phenols is 31. The van der Waals surface area contributed by atoms with Crippen molar-refractivity contribution in [2.75, 3.05) is 13.2 Å². The fourth-order valence-corrected chi connectivity index (χ4v) is 15.6. The monoisotopic (exact) mass is 2040 g/mol. The molecule has 0 radical (unpaired) electrons. The Bertz CT molecular complexity index is 7550. The number of carbonyl (C=O) groups is 11. The van der Waals surface area contributed by atoms with Gasteiger partial charge in [-0.1, -0.05) is 0 Å². The average molecular weight is 2040 g/mol. The normalized spacial score (nSPS) is 18.8. The molecule has 57 heteroatoms. The Hall–Kier alpha value is -21.1. The van der Waals surface area contributed by atoms with Crippen molar-refractivity contribution in [1.29, 1.82) is 0 Å². The van der Waals surface area contributed by atoms with Crippen LogP contribution in [0, 0.1) is 0 Å². The number of carbonyl (C=O) groups excluding carboxylic acids is 10. The Labute approximate surface area is 800 Å². The highest BCUT2D eigenvalue weighted by molar-refractivity contribution is 6.13. The fraction of sp³-hybridized carbons (Fsp3) is 0.135. The summed E-state index contributed by atoms with van der Waals surface area (Å²) in [6.45, 7) is -3.33. The van der Waals surface area contributed by atoms with Crippen LogP contribution in [0.4, 0.5) is 0 Å². The summed E-state index contributed by atoms with van der Waals surface area (Å²) in [7, 11) is 0. The third-order valence-electron chi connectivity index (χ3n) is 22.6. The Balaban J connectivity index is 0.873. The van der Waals surface area contributed by atoms with Gasteiger partial charge in [0, 0.05) is 57.6 Å². The highest BCUT2D eigenvalue weighted by Crippen LogP contribution is 2.61. The van der Waals surface area contributed by atoms with E-state index in [2.05, 4.69) is 0 Å². The van der Waals surface area contributed by atoms with Gasteiger partial charge in [0.15, 0.2) is 168 Å². The quantitative estimate of drug-likeness (QED) is 0.0401. The molecule has 0 amide bonds. The van der Waals surface area contributed by atoms with Gasteiger partial charge < -0.3 is 230 Å². The van der Waals surface area contributed by atoms with Crippen LogP contribution in [0.5, 0.6) is 201 Å². The van der Waals surface area contributed by atoms with Crippen LogP contribution in [0.1, 0.15) is 114 Å². The van der Waals surface area contributed by atoms with Crippen molar-refractivity contribution in [3.05, 3.63) is 146 Å². The van der Waals surface area contributed by atoms with Gasteiger partial charge >= 0.3 is 65.7 Å². The van der Waals surface area contributed by atoms with Crippen LogP contribution in [0.2, 0.25) is 0 Å². The third kappa shape index (κ3) is 16.5. The number of aromatic hydroxyl groups is 31. The molecule has 32 N–H and O–H groups in total. The number of rotatable bonds is 14. The SMILES string of the molecule is O=C(OC[C@H]1O[C@@H](OC(=O)c2cc(O)c(O)c(O)c2)[C@@H]2OC(=O)c3cc(O)c(O)c(O)c3-c3c(cc(Oc4c(C(=O)O)cc(O)c(O)c4O)c(O)c3O)C(=O)O[C@H]2[C@@H]1OC(=O)c1cc(O)c(O)c(O)c1Oc1cc2c(c(O)c1O)-c1c(cc(O)c(O)c1O)C(=O)O[C@H]1[C@H](OC(=O)c3cc(O)c(O)c(O)c3)O[C@@H]3COC(=O)c4cc(O)c(O)c(O)c4-c4c(cc(O)c(O)c4O)C(=O)O[C@H]3[C@@H]1OC2=O)c1cc(O)c(O)c(O)c1. The Morgan fingerprint density at radius 2 is 0.548 bits per heavy atom. The van der Waals surface area contributed by atoms with E-state index in [0.29, 0.717) is 42.5 Å². The van der Waals surface area contributed by atoms with Crippen molar-refractivity contribution in [2.24, 2.45) is 0 Å². The number of cyclic esters (lactones) is 1. The van der Waals surface area contributed by atoms with Crippen LogP contribution < -0.4 is 9.47 Å². The zero-order valence-corrected chi connectivity index (χ0v) is 71.3. The van der Waals surface area contributed by atoms with Gasteiger partial charge in [0.05, 0.1) is 50.1 Å². The molecular formula is C89H60O57. The number of phenolic OH excluding ortho intramolecular Hbond substituents is 31. The minimum Gasteiger partial charge on any atom is -0.504 e. The van der Waals surface area contributed by atoms with Crippen molar-refractivity contribution < 1.29 is 282 Å². The average Bonchev–Trinajstić information content (AvgIpc) is 0.801. The molecule has 0 unspecified atom stereocenters. The molecular weight excluding hydrogens is 1980 g/mol. The maximum Gasteiger partial charge on any atom is 0.342 e. The van der Waals surface area contributed by atoms with Gasteiger partial charge in [0.25, 0.3) is 0 Å². The molecule has 5 heterocycles. The second kappa shape index (κ2) is 36.0. The van der Waals surface area contributed by atoms with Crippen LogP contribution in [0.3, 0.4) is 0 Å². The summed E-state index contributed by atoms with van der Waals surface area (Å²) in [5.41, 5.74) is -23.6. The van der Waals surface area contributed by atoms with E-state index < -0.39 is 436 Å². The Morgan fingerprint density at radius 1 is 0.267 bits per heavy atom. The molecule has 2 fully saturated rings. The van der Waals surface area contributed by atoms with E-state index in [1.54, 1.807) is 0 Å². The maximum absolute atomic E-state index is 16.1. The number of hydrogen-bond donors (Lipinski definition) is 32. The van der Waals surface area contributed by atoms with Gasteiger partial charge in [-0.3, -0.25) is 0 Å². The lowest BCUT2D eigenvalue weighted by Gasteiger charge is -2.44. The van der Waals surface area contributed by atoms with Crippen LogP contribution in [-0.2, 0) is 56.8 Å². The van der Waals surface area contributed by atoms with Gasteiger partial charge in [0.2, 0.25) is 82.3 Å². The highest BCUT2D eigenvalue weighted by atomic mass is 16.8. The number of fused-ring (bicyclic) bond motifs is 13. The maximum atomic E-state index is 16.1. The molecule has 2 saturated heterocycles. The number of ether oxygens (including phenoxy) is 14. The third-order valence-corrected chi connectivity index (χ3v) is 22.6. The molecule has 5 aliphatic heterocycles. The second-order valence-electron chi connectivity index (χ2n) is 31.4. The van der Waals surface area contributed by atoms with E-state index in [0.717, 1.165) is 0 Å². The summed E-state index contributed by atoms with van der Waals surface area (Å²) in [5, 5.41) is 355. The van der Waals surface area contributed by atoms with Crippen LogP contribution in [-0.4, -0.2) is 304 Å². The number of carboxylic acid groups (broad SMARTS) is 1. The first-order chi connectivity index (χ1) is 68.7. The molecule has 57 nitrogen and oxygen atoms in total. The zero-order chi connectivity index (χ0) is 106. The molecule has 0 spiro atoms. The standard InChI is InChI=1S/C89H60O57/c90-28-1-17(2-29(91)50(28)102)78(123)133-15-42-72(74-76(88(137-42)145-79(124)18-3-30(92)51(103)31(93)4-18)144-84(129)22-9-36(98)55(107)63(115)46(22)48-24(85(130)142-74)13-40(59(111)65(48)117)135-69-26(77(121)122)11-38(100)57(109)67(69)119)140-87(132)27-12-39(101)58(110)68(120)70(27)136-41-14-25-49(66(118)60(41)112)47-23(10-37(99)56(108)64(47)116)83(128)143-75-73(141-86(25)131)71-43(138-89(75)146-80(125)19-5-32(94)52(104)33(95)6-19)16-134-81(126)20-7-34(96)53(105)61(113)44(20)45-21(82(127)139-71)8-35(97)54(106)62(45)114/h1-14,42-43,71-76,88-120H,15-16H2,(H,121,122)/t42-,43-,71-,72-,73+,74+,75-,76-,88+,89+/m1/s1. The molecule has 5 aliphatic rings. The number of carboxylic acids is 1. The molecule has 0 aliphatic carbocycles. The first kappa shape index (κ1) is 98.0. The van der Waals surface area contributed by atoms with E-state index in [1.807, 2.05) is 0 Å². The smallest absolute Gasteiger partial charge is 0.342 e. The minimum absolute atomic E-state index is 0.00277. The molecule has 11 aromatic rings. The van der Waals surface area contributed by atoms with Crippen molar-refractivity contribution in [2.45, 2.75) is 61.4 Å². The molecule has 758 valence electrons.